The van der Waals surface area contributed by atoms with Crippen molar-refractivity contribution in [2.75, 3.05) is 10.6 Å². The topological polar surface area (TPSA) is 82.7 Å². The number of allylic oxidation sites excluding steroid dienone is 1. The number of amides is 1. The molecule has 6 heteroatoms. The van der Waals surface area contributed by atoms with E-state index >= 15 is 0 Å². The Hall–Kier alpha value is -3.67. The molecule has 0 bridgehead atoms. The number of H-pyrrole nitrogens is 1. The standard InChI is InChI=1S/C20H17N5O/c1-2-3-19(26)24-15-5-7-18-16(11-15)20(23-12-22-18)25-14-4-6-17-13(10-14)8-9-21-17/h2-12,21H,1H3,(H,24,26)(H,22,23,25). The average molecular weight is 343 g/mol. The summed E-state index contributed by atoms with van der Waals surface area (Å²) in [5, 5.41) is 8.13. The van der Waals surface area contributed by atoms with Crippen LogP contribution in [0.25, 0.3) is 21.8 Å². The van der Waals surface area contributed by atoms with Crippen LogP contribution in [0.4, 0.5) is 17.2 Å². The van der Waals surface area contributed by atoms with Crippen molar-refractivity contribution in [3.8, 4) is 0 Å². The second kappa shape index (κ2) is 6.68. The summed E-state index contributed by atoms with van der Waals surface area (Å²) in [6.07, 6.45) is 6.62. The fourth-order valence-electron chi connectivity index (χ4n) is 2.84. The van der Waals surface area contributed by atoms with Gasteiger partial charge in [-0.15, -0.1) is 0 Å². The van der Waals surface area contributed by atoms with Crippen LogP contribution in [0.5, 0.6) is 0 Å². The monoisotopic (exact) mass is 343 g/mol. The molecule has 0 unspecified atom stereocenters. The predicted octanol–water partition coefficient (Wildman–Crippen LogP) is 4.37. The number of fused-ring (bicyclic) bond motifs is 2. The SMILES string of the molecule is CC=CC(=O)Nc1ccc2ncnc(Nc3ccc4[nH]ccc4c3)c2c1. The summed E-state index contributed by atoms with van der Waals surface area (Å²) in [6, 6.07) is 13.6. The van der Waals surface area contributed by atoms with Crippen molar-refractivity contribution in [2.24, 2.45) is 0 Å². The third-order valence-electron chi connectivity index (χ3n) is 4.04. The molecule has 2 aromatic carbocycles. The maximum absolute atomic E-state index is 11.8. The van der Waals surface area contributed by atoms with Gasteiger partial charge in [0.05, 0.1) is 5.52 Å². The lowest BCUT2D eigenvalue weighted by molar-refractivity contribution is -0.111. The Morgan fingerprint density at radius 3 is 2.85 bits per heavy atom. The lowest BCUT2D eigenvalue weighted by Gasteiger charge is -2.10. The molecule has 0 aliphatic rings. The number of nitrogens with one attached hydrogen (secondary N) is 3. The first-order valence-corrected chi connectivity index (χ1v) is 8.25. The van der Waals surface area contributed by atoms with E-state index in [1.54, 1.807) is 13.0 Å². The second-order valence-corrected chi connectivity index (χ2v) is 5.85. The molecule has 128 valence electrons. The molecule has 4 rings (SSSR count). The first-order chi connectivity index (χ1) is 12.7. The van der Waals surface area contributed by atoms with E-state index in [4.69, 9.17) is 0 Å². The molecular formula is C20H17N5O. The summed E-state index contributed by atoms with van der Waals surface area (Å²) < 4.78 is 0. The number of hydrogen-bond donors (Lipinski definition) is 3. The quantitative estimate of drug-likeness (QED) is 0.481. The van der Waals surface area contributed by atoms with Gasteiger partial charge in [-0.05, 0) is 55.5 Å². The number of rotatable bonds is 4. The minimum absolute atomic E-state index is 0.170. The average Bonchev–Trinajstić information content (AvgIpc) is 3.10. The highest BCUT2D eigenvalue weighted by Gasteiger charge is 2.07. The molecule has 0 spiro atoms. The van der Waals surface area contributed by atoms with Gasteiger partial charge in [-0.1, -0.05) is 6.08 Å². The van der Waals surface area contributed by atoms with E-state index in [1.165, 1.54) is 12.4 Å². The van der Waals surface area contributed by atoms with E-state index in [0.717, 1.165) is 27.5 Å². The maximum atomic E-state index is 11.8. The first-order valence-electron chi connectivity index (χ1n) is 8.25. The number of benzene rings is 2. The van der Waals surface area contributed by atoms with E-state index in [0.29, 0.717) is 11.5 Å². The molecule has 0 fully saturated rings. The summed E-state index contributed by atoms with van der Waals surface area (Å²) in [5.41, 5.74) is 3.51. The molecule has 2 aromatic heterocycles. The van der Waals surface area contributed by atoms with Crippen molar-refractivity contribution in [3.63, 3.8) is 0 Å². The van der Waals surface area contributed by atoms with Gasteiger partial charge in [0, 0.05) is 33.9 Å². The van der Waals surface area contributed by atoms with Gasteiger partial charge in [0.2, 0.25) is 5.91 Å². The number of hydrogen-bond acceptors (Lipinski definition) is 4. The van der Waals surface area contributed by atoms with Crippen LogP contribution >= 0.6 is 0 Å². The number of aromatic amines is 1. The Balaban J connectivity index is 1.70. The Morgan fingerprint density at radius 2 is 1.96 bits per heavy atom. The highest BCUT2D eigenvalue weighted by Crippen LogP contribution is 2.27. The lowest BCUT2D eigenvalue weighted by atomic mass is 10.2. The van der Waals surface area contributed by atoms with Crippen LogP contribution in [0.15, 0.2) is 67.1 Å². The second-order valence-electron chi connectivity index (χ2n) is 5.85. The van der Waals surface area contributed by atoms with Crippen molar-refractivity contribution < 1.29 is 4.79 Å². The van der Waals surface area contributed by atoms with Gasteiger partial charge >= 0.3 is 0 Å². The summed E-state index contributed by atoms with van der Waals surface area (Å²) in [6.45, 7) is 1.80. The zero-order valence-electron chi connectivity index (χ0n) is 14.2. The van der Waals surface area contributed by atoms with Crippen LogP contribution in [0.2, 0.25) is 0 Å². The Kier molecular flexibility index (Phi) is 4.07. The maximum Gasteiger partial charge on any atom is 0.248 e. The fourth-order valence-corrected chi connectivity index (χ4v) is 2.84. The third kappa shape index (κ3) is 3.12. The molecule has 4 aromatic rings. The molecule has 2 heterocycles. The van der Waals surface area contributed by atoms with Crippen molar-refractivity contribution in [3.05, 3.63) is 67.1 Å². The minimum Gasteiger partial charge on any atom is -0.361 e. The number of nitrogens with zero attached hydrogens (tertiary/aromatic N) is 2. The fraction of sp³-hybridized carbons (Fsp3) is 0.0500. The number of anilines is 3. The van der Waals surface area contributed by atoms with Gasteiger partial charge in [-0.2, -0.15) is 0 Å². The summed E-state index contributed by atoms with van der Waals surface area (Å²) in [5.74, 6) is 0.517. The van der Waals surface area contributed by atoms with Gasteiger partial charge in [0.1, 0.15) is 12.1 Å². The van der Waals surface area contributed by atoms with Crippen molar-refractivity contribution >= 4 is 44.9 Å². The van der Waals surface area contributed by atoms with E-state index in [9.17, 15) is 4.79 Å². The highest BCUT2D eigenvalue weighted by atomic mass is 16.1. The zero-order valence-corrected chi connectivity index (χ0v) is 14.2. The normalized spacial score (nSPS) is 11.3. The van der Waals surface area contributed by atoms with E-state index in [-0.39, 0.29) is 5.91 Å². The van der Waals surface area contributed by atoms with Crippen LogP contribution in [0.3, 0.4) is 0 Å². The van der Waals surface area contributed by atoms with Crippen LogP contribution in [0.1, 0.15) is 6.92 Å². The lowest BCUT2D eigenvalue weighted by Crippen LogP contribution is -2.07. The van der Waals surface area contributed by atoms with Crippen LogP contribution in [0, 0.1) is 0 Å². The Bertz CT molecular complexity index is 1130. The Labute approximate surface area is 150 Å². The van der Waals surface area contributed by atoms with E-state index in [2.05, 4.69) is 31.7 Å². The van der Waals surface area contributed by atoms with Gasteiger partial charge < -0.3 is 15.6 Å². The zero-order chi connectivity index (χ0) is 17.9. The Morgan fingerprint density at radius 1 is 1.08 bits per heavy atom. The molecule has 6 nitrogen and oxygen atoms in total. The third-order valence-corrected chi connectivity index (χ3v) is 4.04. The van der Waals surface area contributed by atoms with Crippen molar-refractivity contribution in [2.45, 2.75) is 6.92 Å². The van der Waals surface area contributed by atoms with Gasteiger partial charge in [0.25, 0.3) is 0 Å². The number of carbonyl (C=O) groups excluding carboxylic acids is 1. The van der Waals surface area contributed by atoms with E-state index < -0.39 is 0 Å². The highest BCUT2D eigenvalue weighted by molar-refractivity contribution is 6.02. The summed E-state index contributed by atoms with van der Waals surface area (Å²) >= 11 is 0. The molecule has 0 atom stereocenters. The molecule has 0 saturated carbocycles. The van der Waals surface area contributed by atoms with Gasteiger partial charge in [-0.3, -0.25) is 4.79 Å². The predicted molar refractivity (Wildman–Crippen MR) is 105 cm³/mol. The van der Waals surface area contributed by atoms with E-state index in [1.807, 2.05) is 42.6 Å². The minimum atomic E-state index is -0.170. The molecule has 0 aliphatic carbocycles. The van der Waals surface area contributed by atoms with Crippen molar-refractivity contribution in [1.82, 2.24) is 15.0 Å². The molecule has 1 amide bonds. The van der Waals surface area contributed by atoms with Crippen LogP contribution in [-0.4, -0.2) is 20.9 Å². The van der Waals surface area contributed by atoms with Gasteiger partial charge in [0.15, 0.2) is 0 Å². The molecule has 26 heavy (non-hydrogen) atoms. The van der Waals surface area contributed by atoms with Crippen molar-refractivity contribution in [1.29, 1.82) is 0 Å². The first kappa shape index (κ1) is 15.8. The molecule has 0 aliphatic heterocycles. The molecule has 3 N–H and O–H groups in total. The summed E-state index contributed by atoms with van der Waals surface area (Å²) in [4.78, 5) is 23.6. The van der Waals surface area contributed by atoms with Crippen LogP contribution < -0.4 is 10.6 Å². The van der Waals surface area contributed by atoms with Crippen LogP contribution in [-0.2, 0) is 4.79 Å². The molecule has 0 saturated heterocycles. The molecular weight excluding hydrogens is 326 g/mol. The number of aromatic nitrogens is 3. The molecule has 0 radical (unpaired) electrons. The summed E-state index contributed by atoms with van der Waals surface area (Å²) in [7, 11) is 0. The smallest absolute Gasteiger partial charge is 0.248 e. The van der Waals surface area contributed by atoms with Gasteiger partial charge in [-0.25, -0.2) is 9.97 Å². The number of carbonyl (C=O) groups is 1. The largest absolute Gasteiger partial charge is 0.361 e.